The lowest BCUT2D eigenvalue weighted by Gasteiger charge is -2.30. The van der Waals surface area contributed by atoms with Gasteiger partial charge >= 0.3 is 0 Å². The number of rotatable bonds is 8. The molecule has 7 heteroatoms. The third-order valence-electron chi connectivity index (χ3n) is 1.66. The fraction of sp³-hybridized carbons (Fsp3) is 0.778. The molecule has 0 unspecified atom stereocenters. The molecule has 94 valence electrons. The molecule has 0 aromatic carbocycles. The lowest BCUT2D eigenvalue weighted by molar-refractivity contribution is -0.169. The summed E-state index contributed by atoms with van der Waals surface area (Å²) in [6.45, 7) is 4.25. The van der Waals surface area contributed by atoms with Crippen LogP contribution in [0.2, 0.25) is 0 Å². The zero-order chi connectivity index (χ0) is 12.6. The summed E-state index contributed by atoms with van der Waals surface area (Å²) >= 11 is 8.64. The van der Waals surface area contributed by atoms with E-state index in [1.807, 2.05) is 0 Å². The summed E-state index contributed by atoms with van der Waals surface area (Å²) in [5, 5.41) is 3.01. The Kier molecular flexibility index (Phi) is 7.91. The quantitative estimate of drug-likeness (QED) is 0.226. The van der Waals surface area contributed by atoms with Gasteiger partial charge in [0.05, 0.1) is 5.33 Å². The van der Waals surface area contributed by atoms with Gasteiger partial charge in [-0.1, -0.05) is 21.1 Å². The van der Waals surface area contributed by atoms with Crippen LogP contribution in [0, 0.1) is 0 Å². The zero-order valence-corrected chi connectivity index (χ0v) is 11.8. The first-order valence-electron chi connectivity index (χ1n) is 4.73. The van der Waals surface area contributed by atoms with E-state index in [1.54, 1.807) is 13.8 Å². The van der Waals surface area contributed by atoms with E-state index in [4.69, 9.17) is 21.1 Å². The Bertz CT molecular complexity index is 254. The molecule has 0 aliphatic rings. The minimum absolute atomic E-state index is 0.114. The van der Waals surface area contributed by atoms with Crippen molar-refractivity contribution in [2.24, 2.45) is 5.16 Å². The van der Waals surface area contributed by atoms with Crippen LogP contribution in [-0.4, -0.2) is 42.4 Å². The SMILES string of the molecule is CCOC(CBr)(OCC)/C(=N/OC)C(=O)Cl. The third-order valence-corrected chi connectivity index (χ3v) is 2.58. The lowest BCUT2D eigenvalue weighted by atomic mass is 10.2. The van der Waals surface area contributed by atoms with Crippen LogP contribution >= 0.6 is 27.5 Å². The largest absolute Gasteiger partial charge is 0.399 e. The number of oxime groups is 1. The molecule has 0 N–H and O–H groups in total. The summed E-state index contributed by atoms with van der Waals surface area (Å²) in [7, 11) is 1.32. The van der Waals surface area contributed by atoms with Crippen LogP contribution in [-0.2, 0) is 19.1 Å². The van der Waals surface area contributed by atoms with Crippen LogP contribution in [0.3, 0.4) is 0 Å². The highest BCUT2D eigenvalue weighted by Crippen LogP contribution is 2.21. The van der Waals surface area contributed by atoms with Crippen LogP contribution in [0.25, 0.3) is 0 Å². The van der Waals surface area contributed by atoms with Gasteiger partial charge in [0.1, 0.15) is 7.11 Å². The Labute approximate surface area is 108 Å². The number of halogens is 2. The average Bonchev–Trinajstić information content (AvgIpc) is 2.25. The first-order valence-corrected chi connectivity index (χ1v) is 6.23. The van der Waals surface area contributed by atoms with Crippen molar-refractivity contribution in [1.29, 1.82) is 0 Å². The molecule has 0 aliphatic heterocycles. The van der Waals surface area contributed by atoms with Crippen LogP contribution in [0.4, 0.5) is 0 Å². The molecule has 5 nitrogen and oxygen atoms in total. The Morgan fingerprint density at radius 1 is 1.38 bits per heavy atom. The van der Waals surface area contributed by atoms with Gasteiger partial charge in [-0.2, -0.15) is 0 Å². The van der Waals surface area contributed by atoms with Crippen LogP contribution in [0.15, 0.2) is 5.16 Å². The first-order chi connectivity index (χ1) is 7.57. The molecule has 0 saturated carbocycles. The third kappa shape index (κ3) is 4.01. The number of alkyl halides is 1. The van der Waals surface area contributed by atoms with E-state index in [2.05, 4.69) is 25.9 Å². The maximum absolute atomic E-state index is 11.3. The van der Waals surface area contributed by atoms with Crippen molar-refractivity contribution >= 4 is 38.5 Å². The molecule has 0 radical (unpaired) electrons. The van der Waals surface area contributed by atoms with Crippen molar-refractivity contribution in [3.63, 3.8) is 0 Å². The highest BCUT2D eigenvalue weighted by Gasteiger charge is 2.41. The second kappa shape index (κ2) is 8.00. The molecule has 0 heterocycles. The van der Waals surface area contributed by atoms with Gasteiger partial charge in [-0.3, -0.25) is 4.79 Å². The van der Waals surface area contributed by atoms with Crippen molar-refractivity contribution in [1.82, 2.24) is 0 Å². The molecule has 0 saturated heterocycles. The maximum atomic E-state index is 11.3. The summed E-state index contributed by atoms with van der Waals surface area (Å²) in [5.41, 5.74) is -0.114. The summed E-state index contributed by atoms with van der Waals surface area (Å²) in [6.07, 6.45) is 0. The predicted molar refractivity (Wildman–Crippen MR) is 65.1 cm³/mol. The lowest BCUT2D eigenvalue weighted by Crippen LogP contribution is -2.49. The van der Waals surface area contributed by atoms with Gasteiger partial charge in [-0.15, -0.1) is 0 Å². The van der Waals surface area contributed by atoms with Gasteiger partial charge in [0.15, 0.2) is 5.71 Å². The molecule has 0 rings (SSSR count). The molecule has 16 heavy (non-hydrogen) atoms. The van der Waals surface area contributed by atoms with Crippen LogP contribution in [0.1, 0.15) is 13.8 Å². The minimum atomic E-state index is -1.31. The topological polar surface area (TPSA) is 57.1 Å². The van der Waals surface area contributed by atoms with Crippen LogP contribution in [0.5, 0.6) is 0 Å². The molecule has 0 amide bonds. The number of hydrogen-bond donors (Lipinski definition) is 0. The van der Waals surface area contributed by atoms with E-state index < -0.39 is 11.0 Å². The highest BCUT2D eigenvalue weighted by molar-refractivity contribution is 9.09. The molecular weight excluding hydrogens is 301 g/mol. The maximum Gasteiger partial charge on any atom is 0.275 e. The van der Waals surface area contributed by atoms with Crippen molar-refractivity contribution in [3.05, 3.63) is 0 Å². The second-order valence-corrected chi connectivity index (χ2v) is 3.55. The van der Waals surface area contributed by atoms with E-state index in [1.165, 1.54) is 7.11 Å². The molecule has 0 aliphatic carbocycles. The standard InChI is InChI=1S/C9H15BrClNO4/c1-4-15-9(6-10,16-5-2)7(8(11)13)12-14-3/h4-6H2,1-3H3/b12-7+. The monoisotopic (exact) mass is 315 g/mol. The smallest absolute Gasteiger partial charge is 0.275 e. The molecule has 0 spiro atoms. The van der Waals surface area contributed by atoms with E-state index >= 15 is 0 Å². The number of hydrogen-bond acceptors (Lipinski definition) is 5. The summed E-state index contributed by atoms with van der Waals surface area (Å²) in [5.74, 6) is -1.31. The summed E-state index contributed by atoms with van der Waals surface area (Å²) < 4.78 is 10.8. The van der Waals surface area contributed by atoms with Crippen molar-refractivity contribution in [2.45, 2.75) is 19.6 Å². The van der Waals surface area contributed by atoms with E-state index in [9.17, 15) is 4.79 Å². The molecule has 0 aromatic heterocycles. The molecule has 0 atom stereocenters. The zero-order valence-electron chi connectivity index (χ0n) is 9.46. The Balaban J connectivity index is 5.23. The Morgan fingerprint density at radius 3 is 2.12 bits per heavy atom. The Morgan fingerprint density at radius 2 is 1.88 bits per heavy atom. The average molecular weight is 317 g/mol. The normalized spacial score (nSPS) is 12.7. The van der Waals surface area contributed by atoms with Gasteiger partial charge in [-0.25, -0.2) is 0 Å². The summed E-state index contributed by atoms with van der Waals surface area (Å²) in [4.78, 5) is 15.8. The van der Waals surface area contributed by atoms with Gasteiger partial charge in [0, 0.05) is 13.2 Å². The van der Waals surface area contributed by atoms with E-state index in [0.717, 1.165) is 0 Å². The van der Waals surface area contributed by atoms with Gasteiger partial charge < -0.3 is 14.3 Å². The predicted octanol–water partition coefficient (Wildman–Crippen LogP) is 1.92. The van der Waals surface area contributed by atoms with Crippen molar-refractivity contribution in [2.75, 3.05) is 25.7 Å². The fourth-order valence-electron chi connectivity index (χ4n) is 1.13. The molecule has 0 aromatic rings. The van der Waals surface area contributed by atoms with Gasteiger partial charge in [-0.05, 0) is 25.4 Å². The van der Waals surface area contributed by atoms with Crippen molar-refractivity contribution in [3.8, 4) is 0 Å². The second-order valence-electron chi connectivity index (χ2n) is 2.65. The highest BCUT2D eigenvalue weighted by atomic mass is 79.9. The molecule has 0 fully saturated rings. The van der Waals surface area contributed by atoms with Crippen molar-refractivity contribution < 1.29 is 19.1 Å². The fourth-order valence-corrected chi connectivity index (χ4v) is 1.90. The number of carbonyl (C=O) groups is 1. The summed E-state index contributed by atoms with van der Waals surface area (Å²) in [6, 6.07) is 0. The number of carbonyl (C=O) groups excluding carboxylic acids is 1. The van der Waals surface area contributed by atoms with E-state index in [0.29, 0.717) is 13.2 Å². The number of nitrogens with zero attached hydrogens (tertiary/aromatic N) is 1. The Hall–Kier alpha value is -0.170. The molecule has 0 bridgehead atoms. The van der Waals surface area contributed by atoms with Gasteiger partial charge in [0.2, 0.25) is 5.79 Å². The first kappa shape index (κ1) is 15.8. The number of ether oxygens (including phenoxy) is 2. The van der Waals surface area contributed by atoms with Crippen LogP contribution < -0.4 is 0 Å². The minimum Gasteiger partial charge on any atom is -0.399 e. The van der Waals surface area contributed by atoms with Gasteiger partial charge in [0.25, 0.3) is 5.24 Å². The van der Waals surface area contributed by atoms with E-state index in [-0.39, 0.29) is 11.0 Å². The molecular formula is C9H15BrClNO4.